The minimum absolute atomic E-state index is 0.670. The third-order valence-corrected chi connectivity index (χ3v) is 2.27. The van der Waals surface area contributed by atoms with E-state index < -0.39 is 0 Å². The van der Waals surface area contributed by atoms with Crippen LogP contribution in [0.1, 0.15) is 11.4 Å². The van der Waals surface area contributed by atoms with Crippen LogP contribution in [0.5, 0.6) is 0 Å². The highest BCUT2D eigenvalue weighted by molar-refractivity contribution is 5.39. The Kier molecular flexibility index (Phi) is 1.96. The summed E-state index contributed by atoms with van der Waals surface area (Å²) in [6, 6.07) is 3.71. The molecule has 2 N–H and O–H groups in total. The number of nitrogen functional groups attached to an aromatic ring is 1. The minimum Gasteiger partial charge on any atom is -0.397 e. The van der Waals surface area contributed by atoms with E-state index in [1.54, 1.807) is 12.5 Å². The molecule has 0 atom stereocenters. The molecule has 2 aromatic rings. The van der Waals surface area contributed by atoms with Crippen LogP contribution in [0.4, 0.5) is 5.69 Å². The lowest BCUT2D eigenvalue weighted by molar-refractivity contribution is 0.951. The molecular weight excluding hydrogens is 176 g/mol. The lowest BCUT2D eigenvalue weighted by Crippen LogP contribution is -1.98. The molecule has 0 unspecified atom stereocenters. The van der Waals surface area contributed by atoms with Gasteiger partial charge < -0.3 is 5.73 Å². The molecule has 72 valence electrons. The van der Waals surface area contributed by atoms with Crippen molar-refractivity contribution in [3.63, 3.8) is 0 Å². The number of pyridine rings is 1. The van der Waals surface area contributed by atoms with Crippen LogP contribution in [0, 0.1) is 13.8 Å². The van der Waals surface area contributed by atoms with Crippen molar-refractivity contribution in [2.75, 3.05) is 5.73 Å². The van der Waals surface area contributed by atoms with Gasteiger partial charge in [0.05, 0.1) is 17.6 Å². The molecule has 0 bridgehead atoms. The summed E-state index contributed by atoms with van der Waals surface area (Å²) in [4.78, 5) is 8.43. The van der Waals surface area contributed by atoms with Gasteiger partial charge in [-0.2, -0.15) is 0 Å². The van der Waals surface area contributed by atoms with Crippen molar-refractivity contribution in [2.24, 2.45) is 0 Å². The van der Waals surface area contributed by atoms with E-state index in [2.05, 4.69) is 9.97 Å². The SMILES string of the molecule is Cc1ncn(-c2ccc(N)cn2)c1C. The first kappa shape index (κ1) is 8.74. The third kappa shape index (κ3) is 1.35. The zero-order valence-corrected chi connectivity index (χ0v) is 8.23. The van der Waals surface area contributed by atoms with E-state index in [9.17, 15) is 0 Å². The molecular formula is C10H12N4. The molecule has 0 aliphatic heterocycles. The van der Waals surface area contributed by atoms with Gasteiger partial charge in [0.15, 0.2) is 0 Å². The third-order valence-electron chi connectivity index (χ3n) is 2.27. The summed E-state index contributed by atoms with van der Waals surface area (Å²) >= 11 is 0. The van der Waals surface area contributed by atoms with Crippen LogP contribution >= 0.6 is 0 Å². The van der Waals surface area contributed by atoms with Gasteiger partial charge in [-0.1, -0.05) is 0 Å². The van der Waals surface area contributed by atoms with Crippen LogP contribution in [0.3, 0.4) is 0 Å². The first-order valence-electron chi connectivity index (χ1n) is 4.41. The number of aryl methyl sites for hydroxylation is 1. The van der Waals surface area contributed by atoms with Gasteiger partial charge in [0.1, 0.15) is 12.1 Å². The average Bonchev–Trinajstić information content (AvgIpc) is 2.50. The Morgan fingerprint density at radius 2 is 2.00 bits per heavy atom. The summed E-state index contributed by atoms with van der Waals surface area (Å²) < 4.78 is 1.94. The summed E-state index contributed by atoms with van der Waals surface area (Å²) in [7, 11) is 0. The summed E-state index contributed by atoms with van der Waals surface area (Å²) in [6.45, 7) is 3.99. The minimum atomic E-state index is 0.670. The van der Waals surface area contributed by atoms with E-state index in [1.807, 2.05) is 30.5 Å². The van der Waals surface area contributed by atoms with Crippen LogP contribution in [-0.2, 0) is 0 Å². The van der Waals surface area contributed by atoms with Crippen LogP contribution in [-0.4, -0.2) is 14.5 Å². The van der Waals surface area contributed by atoms with Gasteiger partial charge in [-0.25, -0.2) is 9.97 Å². The second-order valence-electron chi connectivity index (χ2n) is 3.24. The normalized spacial score (nSPS) is 10.4. The highest BCUT2D eigenvalue weighted by Gasteiger charge is 2.04. The molecule has 0 spiro atoms. The molecule has 0 aliphatic carbocycles. The number of anilines is 1. The molecule has 0 aromatic carbocycles. The van der Waals surface area contributed by atoms with Crippen molar-refractivity contribution in [1.29, 1.82) is 0 Å². The average molecular weight is 188 g/mol. The van der Waals surface area contributed by atoms with E-state index >= 15 is 0 Å². The van der Waals surface area contributed by atoms with E-state index in [-0.39, 0.29) is 0 Å². The summed E-state index contributed by atoms with van der Waals surface area (Å²) in [6.07, 6.45) is 3.41. The molecule has 2 heterocycles. The van der Waals surface area contributed by atoms with Crippen LogP contribution < -0.4 is 5.73 Å². The number of nitrogens with zero attached hydrogens (tertiary/aromatic N) is 3. The van der Waals surface area contributed by atoms with Gasteiger partial charge in [-0.3, -0.25) is 4.57 Å². The number of nitrogens with two attached hydrogens (primary N) is 1. The number of hydrogen-bond donors (Lipinski definition) is 1. The van der Waals surface area contributed by atoms with Crippen LogP contribution in [0.15, 0.2) is 24.7 Å². The molecule has 2 rings (SSSR count). The van der Waals surface area contributed by atoms with Gasteiger partial charge in [-0.15, -0.1) is 0 Å². The first-order valence-corrected chi connectivity index (χ1v) is 4.41. The van der Waals surface area contributed by atoms with Crippen molar-refractivity contribution in [1.82, 2.24) is 14.5 Å². The fourth-order valence-corrected chi connectivity index (χ4v) is 1.27. The predicted molar refractivity (Wildman–Crippen MR) is 55.2 cm³/mol. The van der Waals surface area contributed by atoms with Crippen LogP contribution in [0.25, 0.3) is 5.82 Å². The quantitative estimate of drug-likeness (QED) is 0.737. The number of rotatable bonds is 1. The summed E-state index contributed by atoms with van der Waals surface area (Å²) in [5, 5.41) is 0. The zero-order chi connectivity index (χ0) is 10.1. The van der Waals surface area contributed by atoms with E-state index in [0.29, 0.717) is 5.69 Å². The molecule has 0 radical (unpaired) electrons. The van der Waals surface area contributed by atoms with Gasteiger partial charge in [0, 0.05) is 5.69 Å². The Labute approximate surface area is 82.4 Å². The van der Waals surface area contributed by atoms with Gasteiger partial charge in [-0.05, 0) is 26.0 Å². The Morgan fingerprint density at radius 1 is 1.21 bits per heavy atom. The number of aromatic nitrogens is 3. The Bertz CT molecular complexity index is 442. The smallest absolute Gasteiger partial charge is 0.138 e. The maximum absolute atomic E-state index is 5.56. The van der Waals surface area contributed by atoms with Gasteiger partial charge in [0.2, 0.25) is 0 Å². The summed E-state index contributed by atoms with van der Waals surface area (Å²) in [5.41, 5.74) is 8.35. The molecule has 4 heteroatoms. The molecule has 14 heavy (non-hydrogen) atoms. The highest BCUT2D eigenvalue weighted by Crippen LogP contribution is 2.12. The monoisotopic (exact) mass is 188 g/mol. The highest BCUT2D eigenvalue weighted by atomic mass is 15.1. The topological polar surface area (TPSA) is 56.7 Å². The van der Waals surface area contributed by atoms with E-state index in [0.717, 1.165) is 17.2 Å². The largest absolute Gasteiger partial charge is 0.397 e. The molecule has 0 saturated heterocycles. The lowest BCUT2D eigenvalue weighted by Gasteiger charge is -2.03. The van der Waals surface area contributed by atoms with Crippen molar-refractivity contribution in [2.45, 2.75) is 13.8 Å². The van der Waals surface area contributed by atoms with Crippen molar-refractivity contribution >= 4 is 5.69 Å². The maximum Gasteiger partial charge on any atom is 0.138 e. The molecule has 4 nitrogen and oxygen atoms in total. The Balaban J connectivity index is 2.49. The van der Waals surface area contributed by atoms with Gasteiger partial charge in [0.25, 0.3) is 0 Å². The molecule has 0 aliphatic rings. The molecule has 0 fully saturated rings. The second kappa shape index (κ2) is 3.14. The zero-order valence-electron chi connectivity index (χ0n) is 8.23. The molecule has 2 aromatic heterocycles. The van der Waals surface area contributed by atoms with Crippen molar-refractivity contribution in [3.8, 4) is 5.82 Å². The second-order valence-corrected chi connectivity index (χ2v) is 3.24. The number of imidazole rings is 1. The first-order chi connectivity index (χ1) is 6.68. The van der Waals surface area contributed by atoms with Crippen molar-refractivity contribution < 1.29 is 0 Å². The fourth-order valence-electron chi connectivity index (χ4n) is 1.27. The van der Waals surface area contributed by atoms with Crippen molar-refractivity contribution in [3.05, 3.63) is 36.0 Å². The fraction of sp³-hybridized carbons (Fsp3) is 0.200. The standard InChI is InChI=1S/C10H12N4/c1-7-8(2)14(6-13-7)10-4-3-9(11)5-12-10/h3-6H,11H2,1-2H3. The Hall–Kier alpha value is -1.84. The van der Waals surface area contributed by atoms with E-state index in [1.165, 1.54) is 0 Å². The summed E-state index contributed by atoms with van der Waals surface area (Å²) in [5.74, 6) is 0.845. The Morgan fingerprint density at radius 3 is 2.50 bits per heavy atom. The number of hydrogen-bond acceptors (Lipinski definition) is 3. The van der Waals surface area contributed by atoms with Crippen LogP contribution in [0.2, 0.25) is 0 Å². The predicted octanol–water partition coefficient (Wildman–Crippen LogP) is 1.47. The lowest BCUT2D eigenvalue weighted by atomic mass is 10.3. The maximum atomic E-state index is 5.56. The molecule has 0 amide bonds. The van der Waals surface area contributed by atoms with Gasteiger partial charge >= 0.3 is 0 Å². The van der Waals surface area contributed by atoms with E-state index in [4.69, 9.17) is 5.73 Å². The molecule has 0 saturated carbocycles.